The number of likely N-dealkylation sites (tertiary alicyclic amines) is 1. The molecule has 1 aliphatic rings. The monoisotopic (exact) mass is 268 g/mol. The highest BCUT2D eigenvalue weighted by molar-refractivity contribution is 6.32. The summed E-state index contributed by atoms with van der Waals surface area (Å²) in [5, 5.41) is 9.85. The topological polar surface area (TPSA) is 49.5 Å². The first-order valence-electron chi connectivity index (χ1n) is 6.62. The van der Waals surface area contributed by atoms with Crippen molar-refractivity contribution in [3.63, 3.8) is 0 Å². The van der Waals surface area contributed by atoms with Gasteiger partial charge in [0.1, 0.15) is 5.75 Å². The average molecular weight is 269 g/mol. The lowest BCUT2D eigenvalue weighted by molar-refractivity contribution is 0.134. The van der Waals surface area contributed by atoms with Crippen LogP contribution >= 0.6 is 11.6 Å². The van der Waals surface area contributed by atoms with Crippen molar-refractivity contribution in [2.24, 2.45) is 5.73 Å². The molecule has 0 aliphatic carbocycles. The van der Waals surface area contributed by atoms with Gasteiger partial charge in [0.05, 0.1) is 5.02 Å². The van der Waals surface area contributed by atoms with Gasteiger partial charge in [0.25, 0.3) is 0 Å². The van der Waals surface area contributed by atoms with Crippen molar-refractivity contribution in [3.8, 4) is 5.75 Å². The summed E-state index contributed by atoms with van der Waals surface area (Å²) >= 11 is 5.94. The molecule has 3 N–H and O–H groups in total. The van der Waals surface area contributed by atoms with Crippen LogP contribution in [0.5, 0.6) is 5.75 Å². The van der Waals surface area contributed by atoms with Crippen molar-refractivity contribution in [2.75, 3.05) is 13.1 Å². The Kier molecular flexibility index (Phi) is 4.87. The van der Waals surface area contributed by atoms with Gasteiger partial charge in [-0.2, -0.15) is 0 Å². The molecular weight excluding hydrogens is 248 g/mol. The minimum atomic E-state index is 0.151. The highest BCUT2D eigenvalue weighted by atomic mass is 35.5. The van der Waals surface area contributed by atoms with Crippen LogP contribution in [0.1, 0.15) is 31.2 Å². The van der Waals surface area contributed by atoms with E-state index in [1.807, 2.05) is 12.1 Å². The Morgan fingerprint density at radius 2 is 2.22 bits per heavy atom. The van der Waals surface area contributed by atoms with Crippen LogP contribution in [-0.2, 0) is 6.54 Å². The fourth-order valence-electron chi connectivity index (χ4n) is 2.67. The quantitative estimate of drug-likeness (QED) is 0.883. The lowest BCUT2D eigenvalue weighted by Crippen LogP contribution is -2.40. The lowest BCUT2D eigenvalue weighted by Gasteiger charge is -2.35. The van der Waals surface area contributed by atoms with Crippen molar-refractivity contribution < 1.29 is 5.11 Å². The van der Waals surface area contributed by atoms with Gasteiger partial charge in [-0.15, -0.1) is 0 Å². The number of nitrogens with two attached hydrogens (primary N) is 1. The van der Waals surface area contributed by atoms with Gasteiger partial charge >= 0.3 is 0 Å². The molecule has 0 aromatic heterocycles. The van der Waals surface area contributed by atoms with E-state index in [1.165, 1.54) is 19.3 Å². The molecular formula is C14H21ClN2O. The summed E-state index contributed by atoms with van der Waals surface area (Å²) < 4.78 is 0. The van der Waals surface area contributed by atoms with Crippen LogP contribution < -0.4 is 5.73 Å². The van der Waals surface area contributed by atoms with E-state index in [0.717, 1.165) is 31.6 Å². The predicted octanol–water partition coefficient (Wildman–Crippen LogP) is 2.75. The molecule has 0 spiro atoms. The molecule has 100 valence electrons. The van der Waals surface area contributed by atoms with E-state index in [9.17, 15) is 5.11 Å². The van der Waals surface area contributed by atoms with Crippen LogP contribution in [0.25, 0.3) is 0 Å². The second-order valence-corrected chi connectivity index (χ2v) is 5.39. The molecule has 0 radical (unpaired) electrons. The number of halogens is 1. The fourth-order valence-corrected chi connectivity index (χ4v) is 2.87. The Morgan fingerprint density at radius 3 is 2.94 bits per heavy atom. The van der Waals surface area contributed by atoms with E-state index in [2.05, 4.69) is 4.90 Å². The minimum absolute atomic E-state index is 0.151. The highest BCUT2D eigenvalue weighted by Crippen LogP contribution is 2.26. The Hall–Kier alpha value is -0.770. The predicted molar refractivity (Wildman–Crippen MR) is 74.8 cm³/mol. The second-order valence-electron chi connectivity index (χ2n) is 4.98. The van der Waals surface area contributed by atoms with Crippen LogP contribution in [0.15, 0.2) is 18.2 Å². The molecule has 1 unspecified atom stereocenters. The van der Waals surface area contributed by atoms with E-state index in [1.54, 1.807) is 6.07 Å². The summed E-state index contributed by atoms with van der Waals surface area (Å²) in [5.41, 5.74) is 6.83. The molecule has 0 amide bonds. The number of hydrogen-bond donors (Lipinski definition) is 2. The van der Waals surface area contributed by atoms with Gasteiger partial charge in [0, 0.05) is 12.6 Å². The maximum Gasteiger partial charge on any atom is 0.134 e. The highest BCUT2D eigenvalue weighted by Gasteiger charge is 2.21. The molecule has 1 saturated heterocycles. The molecule has 3 nitrogen and oxygen atoms in total. The molecule has 0 bridgehead atoms. The van der Waals surface area contributed by atoms with Gasteiger partial charge < -0.3 is 10.8 Å². The number of hydrogen-bond acceptors (Lipinski definition) is 3. The summed E-state index contributed by atoms with van der Waals surface area (Å²) in [6.07, 6.45) is 4.86. The van der Waals surface area contributed by atoms with Crippen LogP contribution in [0.3, 0.4) is 0 Å². The Morgan fingerprint density at radius 1 is 1.39 bits per heavy atom. The number of phenolic OH excluding ortho intramolecular Hbond substituents is 1. The summed E-state index contributed by atoms with van der Waals surface area (Å²) in [5.74, 6) is 0.151. The third kappa shape index (κ3) is 3.37. The number of benzene rings is 1. The number of nitrogens with zero attached hydrogens (tertiary/aromatic N) is 1. The number of aromatic hydroxyl groups is 1. The molecule has 1 fully saturated rings. The van der Waals surface area contributed by atoms with Crippen molar-refractivity contribution in [1.82, 2.24) is 4.90 Å². The van der Waals surface area contributed by atoms with Gasteiger partial charge in [-0.3, -0.25) is 4.90 Å². The first kappa shape index (κ1) is 13.7. The molecule has 1 atom stereocenters. The minimum Gasteiger partial charge on any atom is -0.506 e. The first-order chi connectivity index (χ1) is 8.70. The third-order valence-electron chi connectivity index (χ3n) is 3.65. The Bertz CT molecular complexity index is 395. The number of piperidine rings is 1. The van der Waals surface area contributed by atoms with E-state index < -0.39 is 0 Å². The molecule has 0 saturated carbocycles. The average Bonchev–Trinajstić information content (AvgIpc) is 2.37. The van der Waals surface area contributed by atoms with Crippen molar-refractivity contribution in [2.45, 2.75) is 38.3 Å². The molecule has 1 heterocycles. The largest absolute Gasteiger partial charge is 0.506 e. The molecule has 2 rings (SSSR count). The van der Waals surface area contributed by atoms with E-state index in [-0.39, 0.29) is 5.75 Å². The van der Waals surface area contributed by atoms with Crippen molar-refractivity contribution in [1.29, 1.82) is 0 Å². The number of rotatable bonds is 4. The van der Waals surface area contributed by atoms with Crippen LogP contribution in [0.2, 0.25) is 5.02 Å². The standard InChI is InChI=1S/C14H21ClN2O/c15-13-9-11(4-5-14(13)18)10-17-8-2-1-3-12(17)6-7-16/h4-5,9,12,18H,1-3,6-8,10,16H2. The Labute approximate surface area is 114 Å². The normalized spacial score (nSPS) is 21.1. The van der Waals surface area contributed by atoms with Crippen molar-refractivity contribution >= 4 is 11.6 Å². The number of phenols is 1. The van der Waals surface area contributed by atoms with Gasteiger partial charge in [0.2, 0.25) is 0 Å². The molecule has 1 aromatic rings. The lowest BCUT2D eigenvalue weighted by atomic mass is 9.98. The Balaban J connectivity index is 2.03. The zero-order chi connectivity index (χ0) is 13.0. The van der Waals surface area contributed by atoms with Gasteiger partial charge in [-0.25, -0.2) is 0 Å². The van der Waals surface area contributed by atoms with E-state index in [4.69, 9.17) is 17.3 Å². The zero-order valence-corrected chi connectivity index (χ0v) is 11.4. The van der Waals surface area contributed by atoms with Gasteiger partial charge in [-0.05, 0) is 50.0 Å². The van der Waals surface area contributed by atoms with Gasteiger partial charge in [-0.1, -0.05) is 24.1 Å². The fraction of sp³-hybridized carbons (Fsp3) is 0.571. The van der Waals surface area contributed by atoms with E-state index >= 15 is 0 Å². The summed E-state index contributed by atoms with van der Waals surface area (Å²) in [6.45, 7) is 2.77. The molecule has 1 aliphatic heterocycles. The molecule has 4 heteroatoms. The summed E-state index contributed by atoms with van der Waals surface area (Å²) in [4.78, 5) is 2.49. The SMILES string of the molecule is NCCC1CCCCN1Cc1ccc(O)c(Cl)c1. The second kappa shape index (κ2) is 6.41. The zero-order valence-electron chi connectivity index (χ0n) is 10.6. The van der Waals surface area contributed by atoms with E-state index in [0.29, 0.717) is 11.1 Å². The third-order valence-corrected chi connectivity index (χ3v) is 3.95. The molecule has 18 heavy (non-hydrogen) atoms. The maximum atomic E-state index is 9.42. The summed E-state index contributed by atoms with van der Waals surface area (Å²) in [6, 6.07) is 6.05. The first-order valence-corrected chi connectivity index (χ1v) is 7.00. The van der Waals surface area contributed by atoms with Crippen LogP contribution in [-0.4, -0.2) is 29.1 Å². The van der Waals surface area contributed by atoms with Gasteiger partial charge in [0.15, 0.2) is 0 Å². The smallest absolute Gasteiger partial charge is 0.134 e. The maximum absolute atomic E-state index is 9.42. The van der Waals surface area contributed by atoms with Crippen molar-refractivity contribution in [3.05, 3.63) is 28.8 Å². The molecule has 1 aromatic carbocycles. The van der Waals surface area contributed by atoms with Crippen LogP contribution in [0, 0.1) is 0 Å². The summed E-state index contributed by atoms with van der Waals surface area (Å²) in [7, 11) is 0. The van der Waals surface area contributed by atoms with Crippen LogP contribution in [0.4, 0.5) is 0 Å².